The zero-order valence-electron chi connectivity index (χ0n) is 14.1. The first kappa shape index (κ1) is 16.3. The van der Waals surface area contributed by atoms with Crippen LogP contribution in [0, 0.1) is 0 Å². The number of benzene rings is 2. The summed E-state index contributed by atoms with van der Waals surface area (Å²) >= 11 is 6.06. The average Bonchev–Trinajstić information content (AvgIpc) is 3.03. The maximum atomic E-state index is 9.41. The van der Waals surface area contributed by atoms with Gasteiger partial charge in [0.2, 0.25) is 0 Å². The Balaban J connectivity index is 1.33. The zero-order chi connectivity index (χ0) is 17.2. The van der Waals surface area contributed by atoms with E-state index in [4.69, 9.17) is 11.6 Å². The van der Waals surface area contributed by atoms with Gasteiger partial charge in [0.1, 0.15) is 5.75 Å². The number of nitrogens with zero attached hydrogens (tertiary/aromatic N) is 3. The van der Waals surface area contributed by atoms with Crippen molar-refractivity contribution >= 4 is 28.2 Å². The molecule has 1 saturated heterocycles. The van der Waals surface area contributed by atoms with E-state index in [-0.39, 0.29) is 0 Å². The number of aromatic nitrogens is 1. The molecule has 0 unspecified atom stereocenters. The third-order valence-corrected chi connectivity index (χ3v) is 5.21. The number of fused-ring (bicyclic) bond motifs is 1. The first-order valence-electron chi connectivity index (χ1n) is 8.70. The van der Waals surface area contributed by atoms with Crippen LogP contribution in [0.4, 0.5) is 5.69 Å². The number of halogens is 1. The molecular weight excluding hydrogens is 334 g/mol. The normalized spacial score (nSPS) is 15.8. The van der Waals surface area contributed by atoms with Gasteiger partial charge < -0.3 is 14.6 Å². The predicted molar refractivity (Wildman–Crippen MR) is 104 cm³/mol. The molecule has 3 aromatic rings. The highest BCUT2D eigenvalue weighted by atomic mass is 35.5. The molecule has 0 bridgehead atoms. The van der Waals surface area contributed by atoms with Crippen molar-refractivity contribution in [3.8, 4) is 5.75 Å². The molecule has 4 rings (SSSR count). The number of piperazine rings is 1. The Morgan fingerprint density at radius 1 is 0.880 bits per heavy atom. The molecule has 4 nitrogen and oxygen atoms in total. The van der Waals surface area contributed by atoms with Gasteiger partial charge >= 0.3 is 0 Å². The number of hydrogen-bond donors (Lipinski definition) is 1. The van der Waals surface area contributed by atoms with Crippen LogP contribution in [0.2, 0.25) is 5.02 Å². The lowest BCUT2D eigenvalue weighted by atomic mass is 10.2. The molecule has 1 aliphatic rings. The van der Waals surface area contributed by atoms with Crippen LogP contribution in [-0.4, -0.2) is 47.3 Å². The minimum Gasteiger partial charge on any atom is -0.508 e. The third-order valence-electron chi connectivity index (χ3n) is 4.98. The van der Waals surface area contributed by atoms with Crippen LogP contribution in [0.25, 0.3) is 10.9 Å². The second-order valence-corrected chi connectivity index (χ2v) is 6.99. The summed E-state index contributed by atoms with van der Waals surface area (Å²) < 4.78 is 2.30. The summed E-state index contributed by atoms with van der Waals surface area (Å²) in [5, 5.41) is 11.4. The first-order chi connectivity index (χ1) is 12.2. The maximum absolute atomic E-state index is 9.41. The molecule has 130 valence electrons. The largest absolute Gasteiger partial charge is 0.508 e. The second-order valence-electron chi connectivity index (χ2n) is 6.56. The second kappa shape index (κ2) is 6.98. The van der Waals surface area contributed by atoms with E-state index < -0.39 is 0 Å². The van der Waals surface area contributed by atoms with Gasteiger partial charge in [-0.1, -0.05) is 11.6 Å². The molecule has 0 aliphatic carbocycles. The van der Waals surface area contributed by atoms with Gasteiger partial charge in [-0.05, 0) is 48.5 Å². The van der Waals surface area contributed by atoms with E-state index in [1.165, 1.54) is 16.6 Å². The summed E-state index contributed by atoms with van der Waals surface area (Å²) in [5.41, 5.74) is 2.43. The number of aromatic hydroxyl groups is 1. The number of anilines is 1. The van der Waals surface area contributed by atoms with E-state index in [1.54, 1.807) is 12.1 Å². The van der Waals surface area contributed by atoms with Crippen LogP contribution in [0.3, 0.4) is 0 Å². The lowest BCUT2D eigenvalue weighted by Crippen LogP contribution is -2.47. The van der Waals surface area contributed by atoms with E-state index in [2.05, 4.69) is 32.7 Å². The average molecular weight is 356 g/mol. The Bertz CT molecular complexity index is 851. The van der Waals surface area contributed by atoms with Crippen molar-refractivity contribution in [3.05, 3.63) is 59.8 Å². The highest BCUT2D eigenvalue weighted by Crippen LogP contribution is 2.21. The molecule has 2 heterocycles. The molecule has 1 aliphatic heterocycles. The van der Waals surface area contributed by atoms with Gasteiger partial charge in [-0.25, -0.2) is 0 Å². The third kappa shape index (κ3) is 3.60. The van der Waals surface area contributed by atoms with Gasteiger partial charge in [0.15, 0.2) is 0 Å². The van der Waals surface area contributed by atoms with Crippen molar-refractivity contribution in [2.45, 2.75) is 6.54 Å². The Labute approximate surface area is 152 Å². The minimum absolute atomic E-state index is 0.322. The number of phenols is 1. The predicted octanol–water partition coefficient (Wildman–Crippen LogP) is 3.82. The van der Waals surface area contributed by atoms with E-state index in [0.29, 0.717) is 5.75 Å². The molecule has 1 N–H and O–H groups in total. The van der Waals surface area contributed by atoms with Crippen molar-refractivity contribution < 1.29 is 5.11 Å². The molecule has 2 aromatic carbocycles. The molecule has 1 fully saturated rings. The standard InChI is InChI=1S/C20H22ClN3O/c21-17-1-6-20-16(15-17)7-8-24(20)14-11-22-9-12-23(13-10-22)18-2-4-19(25)5-3-18/h1-8,15,25H,9-14H2. The maximum Gasteiger partial charge on any atom is 0.115 e. The van der Waals surface area contributed by atoms with E-state index in [9.17, 15) is 5.11 Å². The quantitative estimate of drug-likeness (QED) is 0.772. The Morgan fingerprint density at radius 2 is 1.64 bits per heavy atom. The molecule has 0 saturated carbocycles. The van der Waals surface area contributed by atoms with Crippen LogP contribution < -0.4 is 4.90 Å². The molecule has 5 heteroatoms. The lowest BCUT2D eigenvalue weighted by Gasteiger charge is -2.36. The highest BCUT2D eigenvalue weighted by molar-refractivity contribution is 6.31. The van der Waals surface area contributed by atoms with Gasteiger partial charge in [-0.2, -0.15) is 0 Å². The van der Waals surface area contributed by atoms with E-state index >= 15 is 0 Å². The molecule has 0 spiro atoms. The van der Waals surface area contributed by atoms with Gasteiger partial charge in [0.25, 0.3) is 0 Å². The van der Waals surface area contributed by atoms with E-state index in [0.717, 1.165) is 44.3 Å². The monoisotopic (exact) mass is 355 g/mol. The van der Waals surface area contributed by atoms with Gasteiger partial charge in [0.05, 0.1) is 0 Å². The van der Waals surface area contributed by atoms with Gasteiger partial charge in [0, 0.05) is 67.1 Å². The van der Waals surface area contributed by atoms with Crippen LogP contribution in [0.1, 0.15) is 0 Å². The van der Waals surface area contributed by atoms with Crippen molar-refractivity contribution in [2.75, 3.05) is 37.6 Å². The summed E-state index contributed by atoms with van der Waals surface area (Å²) in [5.74, 6) is 0.322. The first-order valence-corrected chi connectivity index (χ1v) is 9.07. The summed E-state index contributed by atoms with van der Waals surface area (Å²) in [7, 11) is 0. The fraction of sp³-hybridized carbons (Fsp3) is 0.300. The summed E-state index contributed by atoms with van der Waals surface area (Å²) in [4.78, 5) is 4.89. The van der Waals surface area contributed by atoms with Crippen molar-refractivity contribution in [2.24, 2.45) is 0 Å². The Kier molecular flexibility index (Phi) is 4.55. The summed E-state index contributed by atoms with van der Waals surface area (Å²) in [6.07, 6.45) is 2.15. The van der Waals surface area contributed by atoms with Crippen LogP contribution in [0.5, 0.6) is 5.75 Å². The Morgan fingerprint density at radius 3 is 2.40 bits per heavy atom. The molecule has 0 atom stereocenters. The SMILES string of the molecule is Oc1ccc(N2CCN(CCn3ccc4cc(Cl)ccc43)CC2)cc1. The fourth-order valence-corrected chi connectivity index (χ4v) is 3.69. The molecule has 0 radical (unpaired) electrons. The summed E-state index contributed by atoms with van der Waals surface area (Å²) in [6, 6.07) is 15.7. The van der Waals surface area contributed by atoms with Crippen molar-refractivity contribution in [1.29, 1.82) is 0 Å². The molecular formula is C20H22ClN3O. The fourth-order valence-electron chi connectivity index (χ4n) is 3.51. The topological polar surface area (TPSA) is 31.6 Å². The minimum atomic E-state index is 0.322. The highest BCUT2D eigenvalue weighted by Gasteiger charge is 2.17. The number of phenolic OH excluding ortho intramolecular Hbond substituents is 1. The van der Waals surface area contributed by atoms with Gasteiger partial charge in [-0.3, -0.25) is 4.90 Å². The molecule has 1 aromatic heterocycles. The lowest BCUT2D eigenvalue weighted by molar-refractivity contribution is 0.249. The molecule has 0 amide bonds. The summed E-state index contributed by atoms with van der Waals surface area (Å²) in [6.45, 7) is 6.21. The van der Waals surface area contributed by atoms with Gasteiger partial charge in [-0.15, -0.1) is 0 Å². The van der Waals surface area contributed by atoms with Crippen LogP contribution >= 0.6 is 11.6 Å². The zero-order valence-corrected chi connectivity index (χ0v) is 14.9. The molecule has 25 heavy (non-hydrogen) atoms. The van der Waals surface area contributed by atoms with Crippen LogP contribution in [0.15, 0.2) is 54.7 Å². The Hall–Kier alpha value is -2.17. The van der Waals surface area contributed by atoms with Crippen molar-refractivity contribution in [3.63, 3.8) is 0 Å². The number of hydrogen-bond acceptors (Lipinski definition) is 3. The van der Waals surface area contributed by atoms with Crippen LogP contribution in [-0.2, 0) is 6.54 Å². The van der Waals surface area contributed by atoms with Crippen molar-refractivity contribution in [1.82, 2.24) is 9.47 Å². The van der Waals surface area contributed by atoms with E-state index in [1.807, 2.05) is 24.3 Å². The smallest absolute Gasteiger partial charge is 0.115 e. The number of rotatable bonds is 4.